The van der Waals surface area contributed by atoms with Gasteiger partial charge in [-0.25, -0.2) is 0 Å². The van der Waals surface area contributed by atoms with Gasteiger partial charge in [0, 0.05) is 4.47 Å². The van der Waals surface area contributed by atoms with Crippen LogP contribution in [0.2, 0.25) is 0 Å². The molecular weight excluding hydrogens is 309 g/mol. The van der Waals surface area contributed by atoms with Gasteiger partial charge < -0.3 is 20.1 Å². The van der Waals surface area contributed by atoms with Crippen LogP contribution in [0.1, 0.15) is 39.2 Å². The van der Waals surface area contributed by atoms with Gasteiger partial charge in [-0.15, -0.1) is 0 Å². The van der Waals surface area contributed by atoms with Crippen molar-refractivity contribution < 1.29 is 14.4 Å². The molecule has 0 aliphatic carbocycles. The van der Waals surface area contributed by atoms with Crippen molar-refractivity contribution in [1.82, 2.24) is 0 Å². The zero-order chi connectivity index (χ0) is 14.4. The van der Waals surface area contributed by atoms with Crippen molar-refractivity contribution in [2.24, 2.45) is 5.73 Å². The summed E-state index contributed by atoms with van der Waals surface area (Å²) in [6, 6.07) is 4.99. The molecule has 19 heavy (non-hydrogen) atoms. The quantitative estimate of drug-likeness (QED) is 0.820. The number of halogens is 1. The highest BCUT2D eigenvalue weighted by atomic mass is 79.9. The minimum Gasteiger partial charge on any atom is -0.508 e. The van der Waals surface area contributed by atoms with E-state index in [0.29, 0.717) is 0 Å². The molecule has 2 rings (SSSR count). The smallest absolute Gasteiger partial charge is 0.480 e. The summed E-state index contributed by atoms with van der Waals surface area (Å²) < 4.78 is 12.7. The Bertz CT molecular complexity index is 477. The van der Waals surface area contributed by atoms with Gasteiger partial charge in [-0.2, -0.15) is 0 Å². The zero-order valence-corrected chi connectivity index (χ0v) is 13.2. The maximum Gasteiger partial charge on any atom is 0.480 e. The third kappa shape index (κ3) is 2.67. The molecule has 0 saturated carbocycles. The molecule has 0 radical (unpaired) electrons. The Labute approximate surface area is 122 Å². The van der Waals surface area contributed by atoms with Gasteiger partial charge in [0.1, 0.15) is 5.75 Å². The lowest BCUT2D eigenvalue weighted by Crippen LogP contribution is -2.41. The van der Waals surface area contributed by atoms with E-state index < -0.39 is 24.3 Å². The number of hydrogen-bond acceptors (Lipinski definition) is 4. The number of rotatable bonds is 2. The average Bonchev–Trinajstić information content (AvgIpc) is 2.51. The minimum absolute atomic E-state index is 0.171. The molecule has 104 valence electrons. The second kappa shape index (κ2) is 4.77. The van der Waals surface area contributed by atoms with E-state index in [1.54, 1.807) is 18.2 Å². The van der Waals surface area contributed by atoms with E-state index in [1.165, 1.54) is 0 Å². The minimum atomic E-state index is -0.539. The number of phenolic OH excluding ortho intramolecular Hbond substituents is 1. The molecule has 1 aromatic rings. The molecular formula is C13H19BBrNO3. The van der Waals surface area contributed by atoms with E-state index in [1.807, 2.05) is 27.7 Å². The van der Waals surface area contributed by atoms with Gasteiger partial charge in [0.15, 0.2) is 0 Å². The van der Waals surface area contributed by atoms with Gasteiger partial charge in [-0.3, -0.25) is 0 Å². The molecule has 0 aromatic heterocycles. The number of aromatic hydroxyl groups is 1. The summed E-state index contributed by atoms with van der Waals surface area (Å²) in [5.41, 5.74) is 6.15. The molecule has 3 N–H and O–H groups in total. The third-order valence-corrected chi connectivity index (χ3v) is 4.63. The van der Waals surface area contributed by atoms with E-state index >= 15 is 0 Å². The van der Waals surface area contributed by atoms with E-state index in [4.69, 9.17) is 15.0 Å². The highest BCUT2D eigenvalue weighted by Gasteiger charge is 2.53. The molecule has 1 atom stereocenters. The van der Waals surface area contributed by atoms with Gasteiger partial charge in [-0.1, -0.05) is 15.9 Å². The van der Waals surface area contributed by atoms with Crippen LogP contribution < -0.4 is 5.73 Å². The van der Waals surface area contributed by atoms with Crippen molar-refractivity contribution in [2.75, 3.05) is 0 Å². The molecule has 1 aliphatic rings. The third-order valence-electron chi connectivity index (χ3n) is 3.90. The number of hydrogen-bond donors (Lipinski definition) is 2. The Hall–Kier alpha value is -0.555. The van der Waals surface area contributed by atoms with Gasteiger partial charge in [-0.05, 0) is 51.5 Å². The first-order valence-corrected chi connectivity index (χ1v) is 7.03. The maximum atomic E-state index is 9.58. The lowest BCUT2D eigenvalue weighted by atomic mass is 9.75. The lowest BCUT2D eigenvalue weighted by molar-refractivity contribution is 0.00578. The Morgan fingerprint density at radius 3 is 2.26 bits per heavy atom. The normalized spacial score (nSPS) is 22.5. The highest BCUT2D eigenvalue weighted by molar-refractivity contribution is 9.10. The van der Waals surface area contributed by atoms with Crippen LogP contribution >= 0.6 is 15.9 Å². The summed E-state index contributed by atoms with van der Waals surface area (Å²) in [4.78, 5) is 0. The first-order chi connectivity index (χ1) is 8.64. The van der Waals surface area contributed by atoms with E-state index in [2.05, 4.69) is 15.9 Å². The molecule has 0 amide bonds. The van der Waals surface area contributed by atoms with Gasteiger partial charge in [0.2, 0.25) is 0 Å². The predicted octanol–water partition coefficient (Wildman–Crippen LogP) is 2.79. The van der Waals surface area contributed by atoms with Crippen LogP contribution in [-0.4, -0.2) is 23.4 Å². The van der Waals surface area contributed by atoms with Gasteiger partial charge in [0.25, 0.3) is 0 Å². The van der Waals surface area contributed by atoms with Gasteiger partial charge in [0.05, 0.1) is 17.1 Å². The second-order valence-electron chi connectivity index (χ2n) is 5.86. The van der Waals surface area contributed by atoms with Gasteiger partial charge >= 0.3 is 7.12 Å². The zero-order valence-electron chi connectivity index (χ0n) is 11.6. The topological polar surface area (TPSA) is 64.7 Å². The monoisotopic (exact) mass is 327 g/mol. The van der Waals surface area contributed by atoms with Crippen molar-refractivity contribution in [3.05, 3.63) is 28.2 Å². The molecule has 1 saturated heterocycles. The molecule has 1 fully saturated rings. The first kappa shape index (κ1) is 14.8. The van der Waals surface area contributed by atoms with Crippen LogP contribution in [0.5, 0.6) is 5.75 Å². The van der Waals surface area contributed by atoms with Crippen LogP contribution in [0.25, 0.3) is 0 Å². The molecule has 1 aromatic carbocycles. The van der Waals surface area contributed by atoms with E-state index in [9.17, 15) is 5.11 Å². The fourth-order valence-corrected chi connectivity index (χ4v) is 2.48. The average molecular weight is 328 g/mol. The summed E-state index contributed by atoms with van der Waals surface area (Å²) in [5, 5.41) is 9.58. The molecule has 6 heteroatoms. The number of phenols is 1. The van der Waals surface area contributed by atoms with Crippen molar-refractivity contribution in [1.29, 1.82) is 0 Å². The summed E-state index contributed by atoms with van der Waals surface area (Å²) >= 11 is 3.43. The molecule has 4 nitrogen and oxygen atoms in total. The van der Waals surface area contributed by atoms with Crippen LogP contribution in [0.4, 0.5) is 0 Å². The lowest BCUT2D eigenvalue weighted by Gasteiger charge is -2.32. The Morgan fingerprint density at radius 1 is 1.21 bits per heavy atom. The Kier molecular flexibility index (Phi) is 3.73. The Morgan fingerprint density at radius 2 is 1.74 bits per heavy atom. The fraction of sp³-hybridized carbons (Fsp3) is 0.538. The molecule has 0 spiro atoms. The number of benzene rings is 1. The van der Waals surface area contributed by atoms with Crippen molar-refractivity contribution in [3.63, 3.8) is 0 Å². The van der Waals surface area contributed by atoms with Crippen LogP contribution in [0.3, 0.4) is 0 Å². The number of nitrogens with two attached hydrogens (primary N) is 1. The fourth-order valence-electron chi connectivity index (χ4n) is 1.97. The summed E-state index contributed by atoms with van der Waals surface area (Å²) in [5.74, 6) is -0.298. The molecule has 1 aliphatic heterocycles. The Balaban J connectivity index is 2.27. The summed E-state index contributed by atoms with van der Waals surface area (Å²) in [6.07, 6.45) is 0. The molecule has 1 heterocycles. The van der Waals surface area contributed by atoms with E-state index in [0.717, 1.165) is 10.0 Å². The highest BCUT2D eigenvalue weighted by Crippen LogP contribution is 2.40. The largest absolute Gasteiger partial charge is 0.508 e. The molecule has 0 bridgehead atoms. The summed E-state index contributed by atoms with van der Waals surface area (Å²) in [7, 11) is -0.539. The summed E-state index contributed by atoms with van der Waals surface area (Å²) in [6.45, 7) is 7.93. The predicted molar refractivity (Wildman–Crippen MR) is 78.8 cm³/mol. The first-order valence-electron chi connectivity index (χ1n) is 6.24. The van der Waals surface area contributed by atoms with Crippen molar-refractivity contribution in [2.45, 2.75) is 44.8 Å². The SMILES string of the molecule is CC1(C)OB([C@@H](N)c2cc(O)ccc2Br)OC1(C)C. The van der Waals surface area contributed by atoms with Crippen molar-refractivity contribution >= 4 is 23.0 Å². The van der Waals surface area contributed by atoms with Crippen LogP contribution in [0.15, 0.2) is 22.7 Å². The van der Waals surface area contributed by atoms with Crippen LogP contribution in [0, 0.1) is 0 Å². The van der Waals surface area contributed by atoms with Crippen molar-refractivity contribution in [3.8, 4) is 5.75 Å². The second-order valence-corrected chi connectivity index (χ2v) is 6.71. The molecule has 0 unspecified atom stereocenters. The maximum absolute atomic E-state index is 9.58. The van der Waals surface area contributed by atoms with E-state index in [-0.39, 0.29) is 5.75 Å². The van der Waals surface area contributed by atoms with Crippen LogP contribution in [-0.2, 0) is 9.31 Å². The standard InChI is InChI=1S/C13H19BBrNO3/c1-12(2)13(3,4)19-14(18-12)11(16)9-7-8(17)5-6-10(9)15/h5-7,11,17H,16H2,1-4H3/t11-/m0/s1.